The molecule has 1 N–H and O–H groups in total. The normalized spacial score (nSPS) is 16.3. The molecule has 1 aromatic heterocycles. The van der Waals surface area contributed by atoms with Crippen LogP contribution in [0.3, 0.4) is 0 Å². The van der Waals surface area contributed by atoms with Crippen LogP contribution < -0.4 is 9.62 Å². The number of nitrogens with zero attached hydrogens (tertiary/aromatic N) is 3. The Kier molecular flexibility index (Phi) is 6.35. The van der Waals surface area contributed by atoms with Gasteiger partial charge in [0.1, 0.15) is 0 Å². The van der Waals surface area contributed by atoms with Crippen molar-refractivity contribution in [2.45, 2.75) is 55.8 Å². The smallest absolute Gasteiger partial charge is 0.240 e. The van der Waals surface area contributed by atoms with Gasteiger partial charge in [-0.25, -0.2) is 13.1 Å². The Balaban J connectivity index is 1.27. The van der Waals surface area contributed by atoms with E-state index >= 15 is 0 Å². The zero-order valence-electron chi connectivity index (χ0n) is 22.7. The Hall–Kier alpha value is -3.49. The van der Waals surface area contributed by atoms with Gasteiger partial charge in [0.25, 0.3) is 0 Å². The van der Waals surface area contributed by atoms with Crippen LogP contribution in [0.25, 0.3) is 22.0 Å². The van der Waals surface area contributed by atoms with Gasteiger partial charge in [-0.2, -0.15) is 5.10 Å². The number of amides is 1. The molecule has 1 fully saturated rings. The minimum Gasteiger partial charge on any atom is -0.311 e. The predicted octanol–water partition coefficient (Wildman–Crippen LogP) is 5.25. The molecule has 1 aliphatic heterocycles. The molecule has 1 aliphatic carbocycles. The first-order valence-corrected chi connectivity index (χ1v) is 15.1. The summed E-state index contributed by atoms with van der Waals surface area (Å²) in [6, 6.07) is 17.8. The molecule has 0 saturated heterocycles. The zero-order valence-corrected chi connectivity index (χ0v) is 23.5. The van der Waals surface area contributed by atoms with Crippen LogP contribution in [0.15, 0.2) is 65.7 Å². The molecular formula is C31H34N4O3S. The summed E-state index contributed by atoms with van der Waals surface area (Å²) < 4.78 is 28.3. The van der Waals surface area contributed by atoms with Crippen molar-refractivity contribution >= 4 is 32.5 Å². The van der Waals surface area contributed by atoms with E-state index in [1.165, 1.54) is 42.1 Å². The molecule has 2 aliphatic rings. The summed E-state index contributed by atoms with van der Waals surface area (Å²) in [5.41, 5.74) is 8.06. The number of nitrogens with one attached hydrogen (secondary N) is 1. The van der Waals surface area contributed by atoms with Gasteiger partial charge in [0.15, 0.2) is 0 Å². The van der Waals surface area contributed by atoms with E-state index in [1.54, 1.807) is 24.3 Å². The van der Waals surface area contributed by atoms with E-state index in [1.807, 2.05) is 22.8 Å². The fourth-order valence-electron chi connectivity index (χ4n) is 6.49. The topological polar surface area (TPSA) is 84.3 Å². The Morgan fingerprint density at radius 2 is 1.79 bits per heavy atom. The number of benzene rings is 3. The van der Waals surface area contributed by atoms with E-state index in [-0.39, 0.29) is 16.2 Å². The first-order valence-electron chi connectivity index (χ1n) is 13.6. The monoisotopic (exact) mass is 542 g/mol. The maximum absolute atomic E-state index is 13.6. The van der Waals surface area contributed by atoms with E-state index in [9.17, 15) is 13.2 Å². The maximum Gasteiger partial charge on any atom is 0.240 e. The number of fused-ring (bicyclic) bond motifs is 3. The van der Waals surface area contributed by atoms with Crippen LogP contribution in [-0.2, 0) is 33.7 Å². The molecule has 0 atom stereocenters. The van der Waals surface area contributed by atoms with Crippen molar-refractivity contribution in [2.75, 3.05) is 18.5 Å². The van der Waals surface area contributed by atoms with Crippen LogP contribution >= 0.6 is 0 Å². The number of carbonyl (C=O) groups excluding carboxylic acids is 1. The molecule has 6 rings (SSSR count). The first-order chi connectivity index (χ1) is 18.7. The number of sulfonamides is 1. The summed E-state index contributed by atoms with van der Waals surface area (Å²) in [6.45, 7) is 2.89. The third kappa shape index (κ3) is 4.45. The number of hydrogen-bond acceptors (Lipinski definition) is 4. The molecule has 0 unspecified atom stereocenters. The van der Waals surface area contributed by atoms with E-state index in [0.29, 0.717) is 12.8 Å². The summed E-state index contributed by atoms with van der Waals surface area (Å²) >= 11 is 0. The Bertz CT molecular complexity index is 1680. The number of rotatable bonds is 6. The molecule has 8 heteroatoms. The van der Waals surface area contributed by atoms with E-state index in [2.05, 4.69) is 47.1 Å². The van der Waals surface area contributed by atoms with Crippen LogP contribution in [0, 0.1) is 6.92 Å². The standard InChI is InChI=1S/C31H34N4O3S/c1-21-16-29-24(19-33-34(29)3)17-26(21)23-9-12-28-27(18-23)31(14-4-5-15-31)20-35(28)30(36)13-8-22-6-10-25(11-7-22)39(37,38)32-2/h6-7,9-12,16-19,32H,4-5,8,13-15,20H2,1-3H3. The van der Waals surface area contributed by atoms with Crippen molar-refractivity contribution in [3.63, 3.8) is 0 Å². The van der Waals surface area contributed by atoms with Crippen LogP contribution in [0.5, 0.6) is 0 Å². The van der Waals surface area contributed by atoms with Crippen molar-refractivity contribution in [1.82, 2.24) is 14.5 Å². The number of aromatic nitrogens is 2. The second-order valence-electron chi connectivity index (χ2n) is 11.0. The third-order valence-corrected chi connectivity index (χ3v) is 10.1. The van der Waals surface area contributed by atoms with Gasteiger partial charge in [0.05, 0.1) is 16.6 Å². The van der Waals surface area contributed by atoms with E-state index in [4.69, 9.17) is 0 Å². The van der Waals surface area contributed by atoms with Crippen LogP contribution in [0.4, 0.5) is 5.69 Å². The zero-order chi connectivity index (χ0) is 27.4. The molecule has 3 aromatic carbocycles. The summed E-state index contributed by atoms with van der Waals surface area (Å²) in [7, 11) is -0.104. The molecule has 0 radical (unpaired) electrons. The molecule has 1 saturated carbocycles. The van der Waals surface area contributed by atoms with Crippen LogP contribution in [-0.4, -0.2) is 37.7 Å². The lowest BCUT2D eigenvalue weighted by Crippen LogP contribution is -2.35. The summed E-state index contributed by atoms with van der Waals surface area (Å²) in [4.78, 5) is 15.8. The van der Waals surface area contributed by atoms with Crippen molar-refractivity contribution in [2.24, 2.45) is 7.05 Å². The first kappa shape index (κ1) is 25.8. The minimum atomic E-state index is -3.47. The molecule has 2 heterocycles. The summed E-state index contributed by atoms with van der Waals surface area (Å²) in [5.74, 6) is 0.118. The highest BCUT2D eigenvalue weighted by Gasteiger charge is 2.46. The molecular weight excluding hydrogens is 508 g/mol. The summed E-state index contributed by atoms with van der Waals surface area (Å²) in [5, 5.41) is 5.55. The average Bonchev–Trinajstić information content (AvgIpc) is 3.65. The Morgan fingerprint density at radius 1 is 1.05 bits per heavy atom. The van der Waals surface area contributed by atoms with E-state index in [0.717, 1.165) is 41.5 Å². The molecule has 202 valence electrons. The quantitative estimate of drug-likeness (QED) is 0.361. The molecule has 7 nitrogen and oxygen atoms in total. The number of carbonyl (C=O) groups is 1. The van der Waals surface area contributed by atoms with Gasteiger partial charge in [-0.05, 0) is 97.4 Å². The van der Waals surface area contributed by atoms with Crippen molar-refractivity contribution in [3.05, 3.63) is 77.5 Å². The lowest BCUT2D eigenvalue weighted by molar-refractivity contribution is -0.118. The maximum atomic E-state index is 13.6. The lowest BCUT2D eigenvalue weighted by Gasteiger charge is -2.25. The second-order valence-corrected chi connectivity index (χ2v) is 12.9. The van der Waals surface area contributed by atoms with Gasteiger partial charge >= 0.3 is 0 Å². The van der Waals surface area contributed by atoms with Crippen molar-refractivity contribution in [3.8, 4) is 11.1 Å². The minimum absolute atomic E-state index is 0.0243. The molecule has 1 amide bonds. The number of hydrogen-bond donors (Lipinski definition) is 1. The highest BCUT2D eigenvalue weighted by atomic mass is 32.2. The average molecular weight is 543 g/mol. The second kappa shape index (κ2) is 9.61. The lowest BCUT2D eigenvalue weighted by atomic mass is 9.79. The Morgan fingerprint density at radius 3 is 2.51 bits per heavy atom. The fourth-order valence-corrected chi connectivity index (χ4v) is 7.22. The van der Waals surface area contributed by atoms with Gasteiger partial charge in [0.2, 0.25) is 15.9 Å². The molecule has 39 heavy (non-hydrogen) atoms. The highest BCUT2D eigenvalue weighted by molar-refractivity contribution is 7.89. The van der Waals surface area contributed by atoms with Gasteiger partial charge in [-0.3, -0.25) is 9.48 Å². The molecule has 1 spiro atoms. The van der Waals surface area contributed by atoms with Crippen LogP contribution in [0.1, 0.15) is 48.8 Å². The third-order valence-electron chi connectivity index (χ3n) is 8.71. The number of aryl methyl sites for hydroxylation is 3. The SMILES string of the molecule is CNS(=O)(=O)c1ccc(CCC(=O)N2CC3(CCCC3)c3cc(-c4cc5cnn(C)c5cc4C)ccc32)cc1. The van der Waals surface area contributed by atoms with Gasteiger partial charge < -0.3 is 4.90 Å². The van der Waals surface area contributed by atoms with Crippen molar-refractivity contribution in [1.29, 1.82) is 0 Å². The van der Waals surface area contributed by atoms with Gasteiger partial charge in [-0.15, -0.1) is 0 Å². The van der Waals surface area contributed by atoms with Crippen LogP contribution in [0.2, 0.25) is 0 Å². The number of anilines is 1. The molecule has 0 bridgehead atoms. The highest BCUT2D eigenvalue weighted by Crippen LogP contribution is 2.51. The van der Waals surface area contributed by atoms with Gasteiger partial charge in [-0.1, -0.05) is 31.0 Å². The molecule has 4 aromatic rings. The summed E-state index contributed by atoms with van der Waals surface area (Å²) in [6.07, 6.45) is 7.46. The fraction of sp³-hybridized carbons (Fsp3) is 0.355. The Labute approximate surface area is 229 Å². The predicted molar refractivity (Wildman–Crippen MR) is 154 cm³/mol. The van der Waals surface area contributed by atoms with E-state index < -0.39 is 10.0 Å². The van der Waals surface area contributed by atoms with Gasteiger partial charge in [0, 0.05) is 36.5 Å². The largest absolute Gasteiger partial charge is 0.311 e. The van der Waals surface area contributed by atoms with Crippen molar-refractivity contribution < 1.29 is 13.2 Å².